The van der Waals surface area contributed by atoms with E-state index in [4.69, 9.17) is 0 Å². The lowest BCUT2D eigenvalue weighted by Gasteiger charge is -2.26. The molecule has 0 amide bonds. The number of nitro benzene ring substituents is 1. The predicted octanol–water partition coefficient (Wildman–Crippen LogP) is 3.39. The molecule has 21 heavy (non-hydrogen) atoms. The zero-order valence-corrected chi connectivity index (χ0v) is 11.7. The highest BCUT2D eigenvalue weighted by atomic mass is 19.1. The van der Waals surface area contributed by atoms with E-state index in [0.29, 0.717) is 6.54 Å². The Balaban J connectivity index is 2.17. The molecule has 4 nitrogen and oxygen atoms in total. The Kier molecular flexibility index (Phi) is 3.43. The van der Waals surface area contributed by atoms with Crippen molar-refractivity contribution in [1.82, 2.24) is 4.90 Å². The number of benzene rings is 2. The van der Waals surface area contributed by atoms with Crippen LogP contribution < -0.4 is 0 Å². The van der Waals surface area contributed by atoms with Crippen molar-refractivity contribution in [2.24, 2.45) is 0 Å². The molecule has 2 aromatic rings. The molecule has 3 rings (SSSR count). The second-order valence-corrected chi connectivity index (χ2v) is 5.34. The summed E-state index contributed by atoms with van der Waals surface area (Å²) < 4.78 is 13.1. The van der Waals surface area contributed by atoms with Gasteiger partial charge >= 0.3 is 0 Å². The third kappa shape index (κ3) is 2.52. The Morgan fingerprint density at radius 3 is 2.52 bits per heavy atom. The molecule has 0 aliphatic carbocycles. The molecule has 1 aliphatic rings. The monoisotopic (exact) mass is 286 g/mol. The van der Waals surface area contributed by atoms with Gasteiger partial charge in [-0.15, -0.1) is 0 Å². The average molecular weight is 286 g/mol. The van der Waals surface area contributed by atoms with Crippen LogP contribution in [0.2, 0.25) is 0 Å². The number of hydrogen-bond donors (Lipinski definition) is 0. The third-order valence-corrected chi connectivity index (χ3v) is 3.93. The Morgan fingerprint density at radius 2 is 1.86 bits per heavy atom. The molecular formula is C16H15FN2O2. The van der Waals surface area contributed by atoms with Crippen molar-refractivity contribution in [3.05, 3.63) is 63.5 Å². The molecule has 0 fully saturated rings. The first-order valence-electron chi connectivity index (χ1n) is 6.80. The topological polar surface area (TPSA) is 46.4 Å². The van der Waals surface area contributed by atoms with Gasteiger partial charge in [0.25, 0.3) is 5.69 Å². The molecule has 0 atom stereocenters. The fraction of sp³-hybridized carbons (Fsp3) is 0.250. The van der Waals surface area contributed by atoms with Crippen LogP contribution in [0.4, 0.5) is 10.1 Å². The van der Waals surface area contributed by atoms with E-state index in [2.05, 4.69) is 4.90 Å². The minimum absolute atomic E-state index is 0.169. The van der Waals surface area contributed by atoms with Gasteiger partial charge in [0.2, 0.25) is 0 Å². The fourth-order valence-corrected chi connectivity index (χ4v) is 2.87. The van der Waals surface area contributed by atoms with Gasteiger partial charge in [-0.3, -0.25) is 10.1 Å². The highest BCUT2D eigenvalue weighted by Crippen LogP contribution is 2.35. The molecule has 2 aromatic carbocycles. The summed E-state index contributed by atoms with van der Waals surface area (Å²) in [4.78, 5) is 13.0. The van der Waals surface area contributed by atoms with E-state index in [9.17, 15) is 14.5 Å². The Morgan fingerprint density at radius 1 is 1.14 bits per heavy atom. The third-order valence-electron chi connectivity index (χ3n) is 3.93. The van der Waals surface area contributed by atoms with Gasteiger partial charge in [0.05, 0.1) is 4.92 Å². The SMILES string of the molecule is CN1CCc2c(-c3ccc(F)cc3)ccc([N+](=O)[O-])c2C1. The molecule has 0 N–H and O–H groups in total. The first-order chi connectivity index (χ1) is 10.1. The summed E-state index contributed by atoms with van der Waals surface area (Å²) in [5.41, 5.74) is 3.81. The molecule has 0 saturated heterocycles. The van der Waals surface area contributed by atoms with Crippen LogP contribution in [0, 0.1) is 15.9 Å². The largest absolute Gasteiger partial charge is 0.302 e. The minimum atomic E-state index is -0.327. The maximum atomic E-state index is 13.1. The second-order valence-electron chi connectivity index (χ2n) is 5.34. The lowest BCUT2D eigenvalue weighted by Crippen LogP contribution is -2.27. The Hall–Kier alpha value is -2.27. The van der Waals surface area contributed by atoms with Gasteiger partial charge in [-0.25, -0.2) is 4.39 Å². The molecule has 1 heterocycles. The van der Waals surface area contributed by atoms with Crippen molar-refractivity contribution >= 4 is 5.69 Å². The molecule has 0 unspecified atom stereocenters. The first kappa shape index (κ1) is 13.7. The molecule has 5 heteroatoms. The average Bonchev–Trinajstić information content (AvgIpc) is 2.46. The lowest BCUT2D eigenvalue weighted by molar-refractivity contribution is -0.385. The van der Waals surface area contributed by atoms with E-state index < -0.39 is 0 Å². The molecule has 0 aromatic heterocycles. The summed E-state index contributed by atoms with van der Waals surface area (Å²) in [6.07, 6.45) is 0.764. The maximum absolute atomic E-state index is 13.1. The molecule has 0 radical (unpaired) electrons. The van der Waals surface area contributed by atoms with Crippen LogP contribution in [0.1, 0.15) is 11.1 Å². The van der Waals surface area contributed by atoms with Crippen LogP contribution in [0.3, 0.4) is 0 Å². The highest BCUT2D eigenvalue weighted by molar-refractivity contribution is 5.72. The number of nitro groups is 1. The molecular weight excluding hydrogens is 271 g/mol. The van der Waals surface area contributed by atoms with E-state index in [-0.39, 0.29) is 16.4 Å². The van der Waals surface area contributed by atoms with Crippen LogP contribution in [0.15, 0.2) is 36.4 Å². The van der Waals surface area contributed by atoms with Gasteiger partial charge < -0.3 is 4.90 Å². The summed E-state index contributed by atoms with van der Waals surface area (Å²) in [5.74, 6) is -0.283. The summed E-state index contributed by atoms with van der Waals surface area (Å²) in [6.45, 7) is 1.43. The van der Waals surface area contributed by atoms with Crippen molar-refractivity contribution in [3.63, 3.8) is 0 Å². The highest BCUT2D eigenvalue weighted by Gasteiger charge is 2.25. The van der Waals surface area contributed by atoms with Gasteiger partial charge in [-0.1, -0.05) is 12.1 Å². The fourth-order valence-electron chi connectivity index (χ4n) is 2.87. The number of fused-ring (bicyclic) bond motifs is 1. The van der Waals surface area contributed by atoms with Crippen LogP contribution >= 0.6 is 0 Å². The van der Waals surface area contributed by atoms with Crippen LogP contribution in [-0.4, -0.2) is 23.4 Å². The smallest absolute Gasteiger partial charge is 0.274 e. The van der Waals surface area contributed by atoms with Gasteiger partial charge in [-0.05, 0) is 48.4 Å². The zero-order chi connectivity index (χ0) is 15.0. The number of hydrogen-bond acceptors (Lipinski definition) is 3. The van der Waals surface area contributed by atoms with Gasteiger partial charge in [0.1, 0.15) is 5.82 Å². The predicted molar refractivity (Wildman–Crippen MR) is 78.5 cm³/mol. The second kappa shape index (κ2) is 5.26. The maximum Gasteiger partial charge on any atom is 0.274 e. The summed E-state index contributed by atoms with van der Waals surface area (Å²) >= 11 is 0. The molecule has 0 bridgehead atoms. The quantitative estimate of drug-likeness (QED) is 0.628. The van der Waals surface area contributed by atoms with E-state index in [1.54, 1.807) is 24.3 Å². The van der Waals surface area contributed by atoms with E-state index in [1.807, 2.05) is 7.05 Å². The van der Waals surface area contributed by atoms with Crippen LogP contribution in [0.5, 0.6) is 0 Å². The van der Waals surface area contributed by atoms with E-state index in [0.717, 1.165) is 35.2 Å². The standard InChI is InChI=1S/C16H15FN2O2/c1-18-9-8-14-13(11-2-4-12(17)5-3-11)6-7-16(19(20)21)15(14)10-18/h2-7H,8-10H2,1H3. The van der Waals surface area contributed by atoms with Crippen molar-refractivity contribution in [3.8, 4) is 11.1 Å². The number of rotatable bonds is 2. The summed E-state index contributed by atoms with van der Waals surface area (Å²) in [7, 11) is 1.96. The number of halogens is 1. The normalized spacial score (nSPS) is 14.8. The lowest BCUT2D eigenvalue weighted by atomic mass is 9.90. The number of likely N-dealkylation sites (N-methyl/N-ethyl adjacent to an activating group) is 1. The molecule has 0 saturated carbocycles. The van der Waals surface area contributed by atoms with E-state index >= 15 is 0 Å². The van der Waals surface area contributed by atoms with Crippen molar-refractivity contribution in [1.29, 1.82) is 0 Å². The minimum Gasteiger partial charge on any atom is -0.302 e. The Bertz CT molecular complexity index is 698. The molecule has 108 valence electrons. The summed E-state index contributed by atoms with van der Waals surface area (Å²) in [6, 6.07) is 9.59. The first-order valence-corrected chi connectivity index (χ1v) is 6.80. The van der Waals surface area contributed by atoms with Gasteiger partial charge in [0.15, 0.2) is 0 Å². The summed E-state index contributed by atoms with van der Waals surface area (Å²) in [5, 5.41) is 11.2. The Labute approximate surface area is 122 Å². The van der Waals surface area contributed by atoms with Gasteiger partial charge in [-0.2, -0.15) is 0 Å². The number of nitrogens with zero attached hydrogens (tertiary/aromatic N) is 2. The van der Waals surface area contributed by atoms with Crippen molar-refractivity contribution in [2.45, 2.75) is 13.0 Å². The zero-order valence-electron chi connectivity index (χ0n) is 11.7. The molecule has 0 spiro atoms. The van der Waals surface area contributed by atoms with Crippen molar-refractivity contribution < 1.29 is 9.31 Å². The van der Waals surface area contributed by atoms with Crippen LogP contribution in [-0.2, 0) is 13.0 Å². The van der Waals surface area contributed by atoms with E-state index in [1.165, 1.54) is 12.1 Å². The van der Waals surface area contributed by atoms with Crippen LogP contribution in [0.25, 0.3) is 11.1 Å². The van der Waals surface area contributed by atoms with Gasteiger partial charge in [0, 0.05) is 24.7 Å². The molecule has 1 aliphatic heterocycles. The van der Waals surface area contributed by atoms with Crippen molar-refractivity contribution in [2.75, 3.05) is 13.6 Å².